The topological polar surface area (TPSA) is 130 Å². The van der Waals surface area contributed by atoms with E-state index in [1.807, 2.05) is 0 Å². The standard InChI is InChI=1S/C48H74N2O8/c1-5-9-13-17-21-25-35-55-45(51)39-31-29-33-41(43(39)47(53)57-37-27-23-19-15-11-7-3)49-50-42-34-30-32-40(46(52)56-36-26-22-18-14-10-6-2)44(42)48(54)58-38-28-24-20-16-12-8-4/h29-34H,5-28,35-38H2,1-4H3. The van der Waals surface area contributed by atoms with Gasteiger partial charge < -0.3 is 18.9 Å². The van der Waals surface area contributed by atoms with Gasteiger partial charge in [-0.05, 0) is 49.9 Å². The van der Waals surface area contributed by atoms with Crippen molar-refractivity contribution in [3.63, 3.8) is 0 Å². The van der Waals surface area contributed by atoms with Gasteiger partial charge in [0.25, 0.3) is 0 Å². The van der Waals surface area contributed by atoms with Gasteiger partial charge in [-0.1, -0.05) is 168 Å². The van der Waals surface area contributed by atoms with Crippen LogP contribution < -0.4 is 0 Å². The zero-order chi connectivity index (χ0) is 42.1. The number of nitrogens with zero attached hydrogens (tertiary/aromatic N) is 2. The normalized spacial score (nSPS) is 11.2. The number of benzene rings is 2. The zero-order valence-corrected chi connectivity index (χ0v) is 36.4. The third-order valence-electron chi connectivity index (χ3n) is 10.1. The average molecular weight is 807 g/mol. The molecule has 58 heavy (non-hydrogen) atoms. The second-order valence-electron chi connectivity index (χ2n) is 15.2. The lowest BCUT2D eigenvalue weighted by atomic mass is 10.0. The van der Waals surface area contributed by atoms with Gasteiger partial charge in [-0.2, -0.15) is 0 Å². The first kappa shape index (κ1) is 50.1. The molecule has 0 saturated heterocycles. The van der Waals surface area contributed by atoms with Crippen molar-refractivity contribution in [3.8, 4) is 0 Å². The van der Waals surface area contributed by atoms with Crippen molar-refractivity contribution in [2.45, 2.75) is 182 Å². The van der Waals surface area contributed by atoms with Crippen molar-refractivity contribution in [1.29, 1.82) is 0 Å². The molecule has 2 rings (SSSR count). The number of hydrogen-bond acceptors (Lipinski definition) is 10. The quantitative estimate of drug-likeness (QED) is 0.0296. The van der Waals surface area contributed by atoms with Crippen LogP contribution >= 0.6 is 0 Å². The number of esters is 4. The Bertz CT molecular complexity index is 1380. The molecule has 2 aromatic carbocycles. The molecule has 0 heterocycles. The molecule has 0 unspecified atom stereocenters. The molecule has 0 spiro atoms. The number of carbonyl (C=O) groups excluding carboxylic acids is 4. The lowest BCUT2D eigenvalue weighted by Gasteiger charge is -2.13. The summed E-state index contributed by atoms with van der Waals surface area (Å²) in [5.41, 5.74) is 0.0783. The summed E-state index contributed by atoms with van der Waals surface area (Å²) in [5, 5.41) is 8.81. The molecule has 0 atom stereocenters. The minimum atomic E-state index is -0.708. The Labute approximate surface area is 349 Å². The van der Waals surface area contributed by atoms with E-state index < -0.39 is 23.9 Å². The van der Waals surface area contributed by atoms with Crippen molar-refractivity contribution in [1.82, 2.24) is 0 Å². The Morgan fingerprint density at radius 1 is 0.362 bits per heavy atom. The highest BCUT2D eigenvalue weighted by molar-refractivity contribution is 6.07. The Morgan fingerprint density at radius 2 is 0.621 bits per heavy atom. The molecular weight excluding hydrogens is 733 g/mol. The fourth-order valence-corrected chi connectivity index (χ4v) is 6.61. The average Bonchev–Trinajstić information content (AvgIpc) is 3.23. The molecule has 0 aliphatic heterocycles. The second-order valence-corrected chi connectivity index (χ2v) is 15.2. The largest absolute Gasteiger partial charge is 0.462 e. The molecule has 0 N–H and O–H groups in total. The molecular formula is C48H74N2O8. The summed E-state index contributed by atoms with van der Waals surface area (Å²) in [6.45, 7) is 9.52. The first-order valence-electron chi connectivity index (χ1n) is 22.8. The number of hydrogen-bond donors (Lipinski definition) is 0. The number of unbranched alkanes of at least 4 members (excludes halogenated alkanes) is 20. The van der Waals surface area contributed by atoms with Crippen molar-refractivity contribution >= 4 is 35.3 Å². The van der Waals surface area contributed by atoms with Crippen molar-refractivity contribution < 1.29 is 38.1 Å². The van der Waals surface area contributed by atoms with E-state index in [1.165, 1.54) is 37.8 Å². The molecule has 0 radical (unpaired) electrons. The van der Waals surface area contributed by atoms with Gasteiger partial charge in [-0.25, -0.2) is 19.2 Å². The van der Waals surface area contributed by atoms with E-state index in [9.17, 15) is 19.2 Å². The lowest BCUT2D eigenvalue weighted by molar-refractivity contribution is 0.0450. The van der Waals surface area contributed by atoms with Crippen LogP contribution in [0.5, 0.6) is 0 Å². The molecule has 0 bridgehead atoms. The number of azo groups is 1. The van der Waals surface area contributed by atoms with E-state index >= 15 is 0 Å². The summed E-state index contributed by atoms with van der Waals surface area (Å²) < 4.78 is 22.6. The SMILES string of the molecule is CCCCCCCCOC(=O)c1cccc(N=Nc2cccc(C(=O)OCCCCCCCC)c2C(=O)OCCCCCCCC)c1C(=O)OCCCCCCCC. The van der Waals surface area contributed by atoms with Crippen molar-refractivity contribution in [2.24, 2.45) is 10.2 Å². The monoisotopic (exact) mass is 807 g/mol. The Balaban J connectivity index is 2.39. The molecule has 0 saturated carbocycles. The summed E-state index contributed by atoms with van der Waals surface area (Å²) in [6, 6.07) is 9.37. The summed E-state index contributed by atoms with van der Waals surface area (Å²) >= 11 is 0. The molecule has 0 fully saturated rings. The first-order valence-corrected chi connectivity index (χ1v) is 22.8. The van der Waals surface area contributed by atoms with E-state index in [2.05, 4.69) is 37.9 Å². The van der Waals surface area contributed by atoms with Gasteiger partial charge in [0.15, 0.2) is 0 Å². The van der Waals surface area contributed by atoms with Crippen LogP contribution in [0.1, 0.15) is 223 Å². The fourth-order valence-electron chi connectivity index (χ4n) is 6.61. The van der Waals surface area contributed by atoms with Crippen LogP contribution in [0.2, 0.25) is 0 Å². The maximum absolute atomic E-state index is 13.7. The van der Waals surface area contributed by atoms with Gasteiger partial charge in [0.05, 0.1) is 37.6 Å². The van der Waals surface area contributed by atoms with E-state index in [4.69, 9.17) is 18.9 Å². The van der Waals surface area contributed by atoms with E-state index in [1.54, 1.807) is 24.3 Å². The van der Waals surface area contributed by atoms with Gasteiger partial charge in [-0.3, -0.25) is 0 Å². The van der Waals surface area contributed by atoms with Gasteiger partial charge in [-0.15, -0.1) is 10.2 Å². The van der Waals surface area contributed by atoms with Gasteiger partial charge in [0, 0.05) is 0 Å². The van der Waals surface area contributed by atoms with Crippen LogP contribution in [0.3, 0.4) is 0 Å². The predicted octanol–water partition coefficient (Wildman–Crippen LogP) is 14.2. The molecule has 10 nitrogen and oxygen atoms in total. The molecule has 0 aromatic heterocycles. The summed E-state index contributed by atoms with van der Waals surface area (Å²) in [4.78, 5) is 54.2. The maximum atomic E-state index is 13.7. The van der Waals surface area contributed by atoms with Crippen LogP contribution in [0.4, 0.5) is 11.4 Å². The van der Waals surface area contributed by atoms with Crippen LogP contribution in [0.15, 0.2) is 46.6 Å². The van der Waals surface area contributed by atoms with E-state index in [-0.39, 0.29) is 60.1 Å². The maximum Gasteiger partial charge on any atom is 0.341 e. The molecule has 0 amide bonds. The Morgan fingerprint density at radius 3 is 0.914 bits per heavy atom. The van der Waals surface area contributed by atoms with Crippen LogP contribution in [-0.4, -0.2) is 50.3 Å². The highest BCUT2D eigenvalue weighted by atomic mass is 16.5. The van der Waals surface area contributed by atoms with E-state index in [0.717, 1.165) is 116 Å². The van der Waals surface area contributed by atoms with Crippen LogP contribution in [0.25, 0.3) is 0 Å². The van der Waals surface area contributed by atoms with Crippen LogP contribution in [0, 0.1) is 0 Å². The minimum Gasteiger partial charge on any atom is -0.462 e. The molecule has 0 aliphatic carbocycles. The Hall–Kier alpha value is -4.08. The first-order chi connectivity index (χ1) is 28.4. The summed E-state index contributed by atoms with van der Waals surface area (Å²) in [5.74, 6) is -2.71. The number of ether oxygens (including phenoxy) is 4. The predicted molar refractivity (Wildman–Crippen MR) is 232 cm³/mol. The smallest absolute Gasteiger partial charge is 0.341 e. The van der Waals surface area contributed by atoms with Crippen molar-refractivity contribution in [3.05, 3.63) is 58.7 Å². The molecule has 10 heteroatoms. The zero-order valence-electron chi connectivity index (χ0n) is 36.4. The van der Waals surface area contributed by atoms with Gasteiger partial charge in [0.2, 0.25) is 0 Å². The third kappa shape index (κ3) is 20.6. The molecule has 2 aromatic rings. The lowest BCUT2D eigenvalue weighted by Crippen LogP contribution is -2.16. The van der Waals surface area contributed by atoms with Crippen molar-refractivity contribution in [2.75, 3.05) is 26.4 Å². The second kappa shape index (κ2) is 32.8. The minimum absolute atomic E-state index is 0.0287. The highest BCUT2D eigenvalue weighted by Gasteiger charge is 2.26. The number of carbonyl (C=O) groups is 4. The Kier molecular flexibility index (Phi) is 28.3. The fraction of sp³-hybridized carbons (Fsp3) is 0.667. The van der Waals surface area contributed by atoms with E-state index in [0.29, 0.717) is 12.8 Å². The summed E-state index contributed by atoms with van der Waals surface area (Å²) in [6.07, 6.45) is 24.7. The van der Waals surface area contributed by atoms with Gasteiger partial charge >= 0.3 is 23.9 Å². The van der Waals surface area contributed by atoms with Gasteiger partial charge in [0.1, 0.15) is 22.5 Å². The molecule has 324 valence electrons. The molecule has 0 aliphatic rings. The highest BCUT2D eigenvalue weighted by Crippen LogP contribution is 2.31. The number of rotatable bonds is 34. The van der Waals surface area contributed by atoms with Crippen LogP contribution in [-0.2, 0) is 18.9 Å². The summed E-state index contributed by atoms with van der Waals surface area (Å²) in [7, 11) is 0. The third-order valence-corrected chi connectivity index (χ3v) is 10.1.